The number of carboxylic acid groups (broad SMARTS) is 1. The number of aromatic nitrogens is 1. The minimum Gasteiger partial charge on any atom is -0.545 e. The molecule has 0 atom stereocenters. The summed E-state index contributed by atoms with van der Waals surface area (Å²) in [5, 5.41) is 10.1. The van der Waals surface area contributed by atoms with Crippen LogP contribution in [0.4, 0.5) is 0 Å². The standard InChI is InChI=1S/C7H8N.C7H6O2/c1-2-8-6-4-3-5-7-8;8-7(9)6-4-2-1-3-5-6/h2-7H,1H2;1-5H,(H,8,9)/q+1;/p-1. The molecule has 0 N–H and O–H groups in total. The van der Waals surface area contributed by atoms with Gasteiger partial charge in [0.2, 0.25) is 0 Å². The zero-order chi connectivity index (χ0) is 12.5. The molecular formula is C14H13NO2. The summed E-state index contributed by atoms with van der Waals surface area (Å²) in [5.41, 5.74) is 0.220. The van der Waals surface area contributed by atoms with E-state index in [0.29, 0.717) is 0 Å². The number of nitrogens with zero attached hydrogens (tertiary/aromatic N) is 1. The molecule has 0 saturated heterocycles. The van der Waals surface area contributed by atoms with Crippen LogP contribution in [0.15, 0.2) is 67.5 Å². The van der Waals surface area contributed by atoms with Crippen molar-refractivity contribution < 1.29 is 14.5 Å². The maximum Gasteiger partial charge on any atom is 0.174 e. The third-order valence-corrected chi connectivity index (χ3v) is 1.96. The van der Waals surface area contributed by atoms with E-state index >= 15 is 0 Å². The fourth-order valence-corrected chi connectivity index (χ4v) is 1.11. The van der Waals surface area contributed by atoms with Crippen LogP contribution in [-0.2, 0) is 0 Å². The highest BCUT2D eigenvalue weighted by Gasteiger charge is 1.86. The van der Waals surface area contributed by atoms with Gasteiger partial charge in [0.25, 0.3) is 0 Å². The molecule has 0 radical (unpaired) electrons. The molecular weight excluding hydrogens is 214 g/mol. The summed E-state index contributed by atoms with van der Waals surface area (Å²) >= 11 is 0. The predicted molar refractivity (Wildman–Crippen MR) is 63.8 cm³/mol. The zero-order valence-electron chi connectivity index (χ0n) is 9.32. The van der Waals surface area contributed by atoms with Gasteiger partial charge >= 0.3 is 0 Å². The van der Waals surface area contributed by atoms with E-state index in [1.807, 2.05) is 35.2 Å². The molecule has 3 nitrogen and oxygen atoms in total. The number of carbonyl (C=O) groups is 1. The van der Waals surface area contributed by atoms with E-state index in [4.69, 9.17) is 0 Å². The number of carboxylic acids is 1. The Balaban J connectivity index is 0.000000171. The van der Waals surface area contributed by atoms with Crippen molar-refractivity contribution in [1.29, 1.82) is 0 Å². The summed E-state index contributed by atoms with van der Waals surface area (Å²) in [6, 6.07) is 14.0. The topological polar surface area (TPSA) is 44.0 Å². The van der Waals surface area contributed by atoms with Crippen LogP contribution in [0.1, 0.15) is 10.4 Å². The molecule has 86 valence electrons. The summed E-state index contributed by atoms with van der Waals surface area (Å²) in [5.74, 6) is -1.13. The molecule has 1 heterocycles. The first-order chi connectivity index (χ1) is 8.24. The molecule has 3 heteroatoms. The Bertz CT molecular complexity index is 466. The first-order valence-electron chi connectivity index (χ1n) is 5.09. The summed E-state index contributed by atoms with van der Waals surface area (Å²) in [6.07, 6.45) is 5.62. The minimum atomic E-state index is -1.13. The van der Waals surface area contributed by atoms with Gasteiger partial charge in [-0.25, -0.2) is 0 Å². The van der Waals surface area contributed by atoms with Crippen LogP contribution in [0.25, 0.3) is 6.20 Å². The van der Waals surface area contributed by atoms with Gasteiger partial charge in [-0.3, -0.25) is 0 Å². The molecule has 0 aliphatic carbocycles. The highest BCUT2D eigenvalue weighted by Crippen LogP contribution is 1.94. The average molecular weight is 227 g/mol. The average Bonchev–Trinajstić information content (AvgIpc) is 2.41. The quantitative estimate of drug-likeness (QED) is 0.722. The normalized spacial score (nSPS) is 8.71. The van der Waals surface area contributed by atoms with Crippen LogP contribution in [0.5, 0.6) is 0 Å². The maximum atomic E-state index is 10.1. The lowest BCUT2D eigenvalue weighted by molar-refractivity contribution is -0.567. The Morgan fingerprint density at radius 3 is 1.94 bits per heavy atom. The van der Waals surface area contributed by atoms with Gasteiger partial charge in [-0.05, 0) is 12.1 Å². The monoisotopic (exact) mass is 227 g/mol. The van der Waals surface area contributed by atoms with Gasteiger partial charge in [-0.15, -0.1) is 0 Å². The Morgan fingerprint density at radius 1 is 1.06 bits per heavy atom. The fourth-order valence-electron chi connectivity index (χ4n) is 1.11. The number of carbonyl (C=O) groups excluding carboxylic acids is 1. The highest BCUT2D eigenvalue weighted by atomic mass is 16.4. The molecule has 0 saturated carbocycles. The summed E-state index contributed by atoms with van der Waals surface area (Å²) in [4.78, 5) is 10.1. The molecule has 0 bridgehead atoms. The second kappa shape index (κ2) is 6.95. The lowest BCUT2D eigenvalue weighted by Gasteiger charge is -1.97. The Hall–Kier alpha value is -2.42. The molecule has 0 aliphatic rings. The van der Waals surface area contributed by atoms with Crippen LogP contribution in [0.3, 0.4) is 0 Å². The third kappa shape index (κ3) is 4.75. The molecule has 2 rings (SSSR count). The van der Waals surface area contributed by atoms with Crippen molar-refractivity contribution in [2.45, 2.75) is 0 Å². The van der Waals surface area contributed by atoms with Gasteiger partial charge in [0, 0.05) is 12.1 Å². The summed E-state index contributed by atoms with van der Waals surface area (Å²) in [7, 11) is 0. The molecule has 0 spiro atoms. The van der Waals surface area contributed by atoms with Crippen LogP contribution < -0.4 is 9.67 Å². The summed E-state index contributed by atoms with van der Waals surface area (Å²) in [6.45, 7) is 3.59. The van der Waals surface area contributed by atoms with E-state index < -0.39 is 5.97 Å². The van der Waals surface area contributed by atoms with Gasteiger partial charge in [0.1, 0.15) is 0 Å². The second-order valence-electron chi connectivity index (χ2n) is 3.16. The van der Waals surface area contributed by atoms with Crippen molar-refractivity contribution in [1.82, 2.24) is 0 Å². The smallest absolute Gasteiger partial charge is 0.174 e. The lowest BCUT2D eigenvalue weighted by Crippen LogP contribution is -2.22. The van der Waals surface area contributed by atoms with Crippen LogP contribution in [-0.4, -0.2) is 5.97 Å². The van der Waals surface area contributed by atoms with Gasteiger partial charge < -0.3 is 9.90 Å². The molecule has 0 unspecified atom stereocenters. The number of pyridine rings is 1. The molecule has 17 heavy (non-hydrogen) atoms. The van der Waals surface area contributed by atoms with Gasteiger partial charge in [-0.2, -0.15) is 4.57 Å². The third-order valence-electron chi connectivity index (χ3n) is 1.96. The SMILES string of the molecule is C=C[n+]1ccccc1.O=C([O-])c1ccccc1. The molecule has 0 fully saturated rings. The number of hydrogen-bond acceptors (Lipinski definition) is 2. The van der Waals surface area contributed by atoms with Crippen molar-refractivity contribution in [2.75, 3.05) is 0 Å². The highest BCUT2D eigenvalue weighted by molar-refractivity contribution is 5.85. The number of benzene rings is 1. The first kappa shape index (κ1) is 12.6. The maximum absolute atomic E-state index is 10.1. The Labute approximate surface area is 100 Å². The molecule has 2 aromatic rings. The molecule has 0 aliphatic heterocycles. The van der Waals surface area contributed by atoms with Crippen molar-refractivity contribution >= 4 is 12.2 Å². The second-order valence-corrected chi connectivity index (χ2v) is 3.16. The molecule has 1 aromatic carbocycles. The van der Waals surface area contributed by atoms with Crippen molar-refractivity contribution in [3.8, 4) is 0 Å². The zero-order valence-corrected chi connectivity index (χ0v) is 9.32. The Kier molecular flexibility index (Phi) is 5.17. The van der Waals surface area contributed by atoms with Crippen LogP contribution >= 0.6 is 0 Å². The van der Waals surface area contributed by atoms with E-state index in [-0.39, 0.29) is 5.56 Å². The predicted octanol–water partition coefficient (Wildman–Crippen LogP) is 1.12. The first-order valence-corrected chi connectivity index (χ1v) is 5.09. The number of aromatic carboxylic acids is 1. The van der Waals surface area contributed by atoms with Gasteiger partial charge in [0.05, 0.1) is 5.97 Å². The van der Waals surface area contributed by atoms with Gasteiger partial charge in [-0.1, -0.05) is 36.4 Å². The van der Waals surface area contributed by atoms with Gasteiger partial charge in [0.15, 0.2) is 18.6 Å². The van der Waals surface area contributed by atoms with Crippen molar-refractivity contribution in [2.24, 2.45) is 0 Å². The van der Waals surface area contributed by atoms with E-state index in [1.165, 1.54) is 12.1 Å². The number of rotatable bonds is 2. The number of hydrogen-bond donors (Lipinski definition) is 0. The minimum absolute atomic E-state index is 0.220. The van der Waals surface area contributed by atoms with Crippen molar-refractivity contribution in [3.63, 3.8) is 0 Å². The van der Waals surface area contributed by atoms with E-state index in [9.17, 15) is 9.90 Å². The van der Waals surface area contributed by atoms with Crippen LogP contribution in [0, 0.1) is 0 Å². The largest absolute Gasteiger partial charge is 0.545 e. The molecule has 0 amide bonds. The summed E-state index contributed by atoms with van der Waals surface area (Å²) < 4.78 is 1.89. The molecule has 1 aromatic heterocycles. The van der Waals surface area contributed by atoms with Crippen LogP contribution in [0.2, 0.25) is 0 Å². The lowest BCUT2D eigenvalue weighted by atomic mass is 10.2. The van der Waals surface area contributed by atoms with E-state index in [1.54, 1.807) is 24.4 Å². The van der Waals surface area contributed by atoms with Crippen molar-refractivity contribution in [3.05, 3.63) is 73.1 Å². The van der Waals surface area contributed by atoms with E-state index in [0.717, 1.165) is 0 Å². The van der Waals surface area contributed by atoms with E-state index in [2.05, 4.69) is 6.58 Å². The Morgan fingerprint density at radius 2 is 1.59 bits per heavy atom. The fraction of sp³-hybridized carbons (Fsp3) is 0.